The van der Waals surface area contributed by atoms with E-state index in [1.165, 1.54) is 186 Å². The van der Waals surface area contributed by atoms with E-state index in [0.29, 0.717) is 31.6 Å². The van der Waals surface area contributed by atoms with Gasteiger partial charge in [-0.15, -0.1) is 0 Å². The molecule has 0 aromatic carbocycles. The number of esters is 4. The highest BCUT2D eigenvalue weighted by atomic mass is 31.2. The van der Waals surface area contributed by atoms with Gasteiger partial charge in [-0.2, -0.15) is 0 Å². The van der Waals surface area contributed by atoms with Crippen LogP contribution in [0.3, 0.4) is 0 Å². The van der Waals surface area contributed by atoms with E-state index in [9.17, 15) is 43.2 Å². The van der Waals surface area contributed by atoms with Crippen molar-refractivity contribution in [2.75, 3.05) is 39.6 Å². The molecule has 97 heavy (non-hydrogen) atoms. The van der Waals surface area contributed by atoms with E-state index >= 15 is 0 Å². The SMILES string of the molecule is CCCCCC/C=C\C=C/CCCCCCCC(=O)OC[C@H](COP(=O)(O)OC[C@@H](O)COP(=O)(O)OC[C@@H](COC(=O)CCCCCCCCC(C)C)OC(=O)CCCCCCCCCCCCCCCC)OC(=O)CCCCCCCCCCCCCCCCCCCCC. The molecule has 0 aliphatic heterocycles. The number of hydrogen-bond acceptors (Lipinski definition) is 15. The molecule has 0 aliphatic rings. The zero-order valence-corrected chi connectivity index (χ0v) is 64.5. The van der Waals surface area contributed by atoms with Crippen LogP contribution in [0.25, 0.3) is 0 Å². The van der Waals surface area contributed by atoms with E-state index in [1.54, 1.807) is 0 Å². The fourth-order valence-corrected chi connectivity index (χ4v) is 13.1. The van der Waals surface area contributed by atoms with E-state index in [2.05, 4.69) is 58.9 Å². The zero-order valence-electron chi connectivity index (χ0n) is 62.7. The molecule has 0 radical (unpaired) electrons. The van der Waals surface area contributed by atoms with Gasteiger partial charge in [-0.25, -0.2) is 9.13 Å². The maximum absolute atomic E-state index is 13.1. The Hall–Kier alpha value is -2.46. The molecule has 0 amide bonds. The van der Waals surface area contributed by atoms with E-state index < -0.39 is 97.5 Å². The minimum atomic E-state index is -4.97. The summed E-state index contributed by atoms with van der Waals surface area (Å²) < 4.78 is 68.5. The molecule has 0 aromatic rings. The van der Waals surface area contributed by atoms with Crippen molar-refractivity contribution in [3.8, 4) is 0 Å². The third kappa shape index (κ3) is 71.7. The molecule has 17 nitrogen and oxygen atoms in total. The minimum Gasteiger partial charge on any atom is -0.462 e. The number of phosphoric acid groups is 2. The fourth-order valence-electron chi connectivity index (χ4n) is 11.5. The van der Waals surface area contributed by atoms with Crippen molar-refractivity contribution in [1.29, 1.82) is 0 Å². The van der Waals surface area contributed by atoms with Crippen LogP contribution in [-0.2, 0) is 65.4 Å². The van der Waals surface area contributed by atoms with Gasteiger partial charge in [0.1, 0.15) is 19.3 Å². The number of phosphoric ester groups is 2. The first-order valence-corrected chi connectivity index (χ1v) is 42.9. The van der Waals surface area contributed by atoms with Crippen LogP contribution >= 0.6 is 15.6 Å². The number of aliphatic hydroxyl groups excluding tert-OH is 1. The first kappa shape index (κ1) is 94.5. The second-order valence-electron chi connectivity index (χ2n) is 27.9. The van der Waals surface area contributed by atoms with Gasteiger partial charge in [-0.3, -0.25) is 37.3 Å². The molecule has 0 aromatic heterocycles. The first-order valence-electron chi connectivity index (χ1n) is 40.0. The molecule has 3 N–H and O–H groups in total. The highest BCUT2D eigenvalue weighted by molar-refractivity contribution is 7.47. The maximum atomic E-state index is 13.1. The highest BCUT2D eigenvalue weighted by Crippen LogP contribution is 2.45. The number of allylic oxidation sites excluding steroid dienone is 4. The topological polar surface area (TPSA) is 237 Å². The lowest BCUT2D eigenvalue weighted by molar-refractivity contribution is -0.161. The van der Waals surface area contributed by atoms with Crippen molar-refractivity contribution in [3.63, 3.8) is 0 Å². The molecule has 0 saturated carbocycles. The van der Waals surface area contributed by atoms with E-state index in [1.807, 2.05) is 0 Å². The number of aliphatic hydroxyl groups is 1. The molecule has 0 saturated heterocycles. The molecule has 0 bridgehead atoms. The van der Waals surface area contributed by atoms with Crippen LogP contribution in [0.15, 0.2) is 24.3 Å². The van der Waals surface area contributed by atoms with Gasteiger partial charge in [0.05, 0.1) is 26.4 Å². The lowest BCUT2D eigenvalue weighted by atomic mass is 10.0. The number of ether oxygens (including phenoxy) is 4. The highest BCUT2D eigenvalue weighted by Gasteiger charge is 2.30. The van der Waals surface area contributed by atoms with Gasteiger partial charge >= 0.3 is 39.5 Å². The number of rotatable bonds is 76. The van der Waals surface area contributed by atoms with Crippen molar-refractivity contribution >= 4 is 39.5 Å². The van der Waals surface area contributed by atoms with Crippen molar-refractivity contribution in [1.82, 2.24) is 0 Å². The summed E-state index contributed by atoms with van der Waals surface area (Å²) in [5, 5.41) is 10.6. The maximum Gasteiger partial charge on any atom is 0.472 e. The zero-order chi connectivity index (χ0) is 71.2. The third-order valence-corrected chi connectivity index (χ3v) is 19.6. The van der Waals surface area contributed by atoms with Gasteiger partial charge < -0.3 is 33.8 Å². The van der Waals surface area contributed by atoms with E-state index in [0.717, 1.165) is 116 Å². The average molecular weight is 1420 g/mol. The normalized spacial score (nSPS) is 14.1. The summed E-state index contributed by atoms with van der Waals surface area (Å²) in [6.07, 6.45) is 63.4. The van der Waals surface area contributed by atoms with Gasteiger partial charge in [-0.05, 0) is 57.3 Å². The Kier molecular flexibility index (Phi) is 68.8. The third-order valence-electron chi connectivity index (χ3n) is 17.7. The van der Waals surface area contributed by atoms with Crippen LogP contribution in [-0.4, -0.2) is 96.7 Å². The Balaban J connectivity index is 5.25. The summed E-state index contributed by atoms with van der Waals surface area (Å²) in [5.41, 5.74) is 0. The molecular weight excluding hydrogens is 1270 g/mol. The van der Waals surface area contributed by atoms with Crippen LogP contribution < -0.4 is 0 Å². The Labute approximate surface area is 592 Å². The molecule has 0 spiro atoms. The second kappa shape index (κ2) is 70.6. The van der Waals surface area contributed by atoms with Gasteiger partial charge in [0.25, 0.3) is 0 Å². The molecule has 2 unspecified atom stereocenters. The summed E-state index contributed by atoms with van der Waals surface area (Å²) >= 11 is 0. The molecule has 0 aliphatic carbocycles. The predicted octanol–water partition coefficient (Wildman–Crippen LogP) is 22.8. The molecule has 5 atom stereocenters. The summed E-state index contributed by atoms with van der Waals surface area (Å²) in [4.78, 5) is 72.8. The van der Waals surface area contributed by atoms with Gasteiger partial charge in [-0.1, -0.05) is 335 Å². The van der Waals surface area contributed by atoms with E-state index in [4.69, 9.17) is 37.0 Å². The van der Waals surface area contributed by atoms with Crippen LogP contribution in [0, 0.1) is 5.92 Å². The standard InChI is InChI=1S/C78H148O17P2/c1-6-9-12-15-18-21-24-27-30-31-32-33-35-38-41-44-47-54-59-64-77(82)94-73(67-88-75(80)61-56-51-45-42-39-37-34-28-25-22-19-16-13-10-7-2)69-92-96(84,85)90-65-72(79)66-91-97(86,87)93-70-74(68-89-76(81)62-57-52-49-48-50-55-60-71(4)5)95-78(83)63-58-53-46-43-40-36-29-26-23-20-17-14-11-8-3/h22,25,28,34,71-74,79H,6-21,23-24,26-27,29-33,35-70H2,1-5H3,(H,84,85)(H,86,87)/b25-22-,34-28-/t72-,73-,74-/m1/s1. The van der Waals surface area contributed by atoms with Crippen LogP contribution in [0.4, 0.5) is 0 Å². The Morgan fingerprint density at radius 3 is 0.845 bits per heavy atom. The number of unbranched alkanes of at least 4 members (excludes halogenated alkanes) is 45. The number of hydrogen-bond donors (Lipinski definition) is 3. The monoisotopic (exact) mass is 1420 g/mol. The number of carbonyl (C=O) groups is 4. The predicted molar refractivity (Wildman–Crippen MR) is 395 cm³/mol. The lowest BCUT2D eigenvalue weighted by Gasteiger charge is -2.21. The van der Waals surface area contributed by atoms with Crippen molar-refractivity contribution in [2.24, 2.45) is 5.92 Å². The summed E-state index contributed by atoms with van der Waals surface area (Å²) in [6, 6.07) is 0. The molecule has 0 rings (SSSR count). The smallest absolute Gasteiger partial charge is 0.462 e. The fraction of sp³-hybridized carbons (Fsp3) is 0.897. The van der Waals surface area contributed by atoms with Crippen LogP contribution in [0.5, 0.6) is 0 Å². The molecular formula is C78H148O17P2. The Bertz CT molecular complexity index is 1950. The minimum absolute atomic E-state index is 0.102. The van der Waals surface area contributed by atoms with Gasteiger partial charge in [0.2, 0.25) is 0 Å². The quantitative estimate of drug-likeness (QED) is 0.0169. The molecule has 19 heteroatoms. The lowest BCUT2D eigenvalue weighted by Crippen LogP contribution is -2.30. The average Bonchev–Trinajstić information content (AvgIpc) is 1.25. The van der Waals surface area contributed by atoms with Crippen LogP contribution in [0.2, 0.25) is 0 Å². The molecule has 572 valence electrons. The Morgan fingerprint density at radius 2 is 0.557 bits per heavy atom. The van der Waals surface area contributed by atoms with Gasteiger partial charge in [0.15, 0.2) is 12.2 Å². The molecule has 0 fully saturated rings. The van der Waals surface area contributed by atoms with E-state index in [-0.39, 0.29) is 25.7 Å². The number of carbonyl (C=O) groups excluding carboxylic acids is 4. The van der Waals surface area contributed by atoms with Crippen molar-refractivity contribution < 1.29 is 80.2 Å². The summed E-state index contributed by atoms with van der Waals surface area (Å²) in [7, 11) is -9.92. The second-order valence-corrected chi connectivity index (χ2v) is 30.8. The molecule has 0 heterocycles. The summed E-state index contributed by atoms with van der Waals surface area (Å²) in [5.74, 6) is -1.47. The Morgan fingerprint density at radius 1 is 0.320 bits per heavy atom. The van der Waals surface area contributed by atoms with Gasteiger partial charge in [0, 0.05) is 25.7 Å². The van der Waals surface area contributed by atoms with Crippen LogP contribution in [0.1, 0.15) is 388 Å². The largest absolute Gasteiger partial charge is 0.472 e. The van der Waals surface area contributed by atoms with Crippen molar-refractivity contribution in [3.05, 3.63) is 24.3 Å². The van der Waals surface area contributed by atoms with Crippen molar-refractivity contribution in [2.45, 2.75) is 406 Å². The summed E-state index contributed by atoms with van der Waals surface area (Å²) in [6.45, 7) is 7.16. The first-order chi connectivity index (χ1) is 47.0.